The molecule has 28 heavy (non-hydrogen) atoms. The molecule has 4 rings (SSSR count). The van der Waals surface area contributed by atoms with E-state index in [2.05, 4.69) is 27.0 Å². The smallest absolute Gasteiger partial charge is 0.226 e. The summed E-state index contributed by atoms with van der Waals surface area (Å²) in [4.78, 5) is 4.43. The van der Waals surface area contributed by atoms with Gasteiger partial charge in [-0.15, -0.1) is 0 Å². The van der Waals surface area contributed by atoms with Gasteiger partial charge in [0.15, 0.2) is 11.5 Å². The average molecular weight is 438 g/mol. The number of methoxy groups -OCH3 is 2. The zero-order chi connectivity index (χ0) is 19.8. The Balaban J connectivity index is 2.05. The van der Waals surface area contributed by atoms with Gasteiger partial charge in [-0.05, 0) is 39.0 Å². The molecule has 2 aromatic carbocycles. The van der Waals surface area contributed by atoms with Crippen LogP contribution >= 0.6 is 15.9 Å². The van der Waals surface area contributed by atoms with E-state index in [1.807, 2.05) is 36.4 Å². The van der Waals surface area contributed by atoms with Crippen LogP contribution in [0.1, 0.15) is 17.0 Å². The molecular weight excluding hydrogens is 422 g/mol. The number of pyridine rings is 1. The number of nitrogens with two attached hydrogens (primary N) is 1. The van der Waals surface area contributed by atoms with Crippen molar-refractivity contribution in [2.45, 2.75) is 5.92 Å². The number of nitrogens with zero attached hydrogens (tertiary/aromatic N) is 2. The maximum absolute atomic E-state index is 9.83. The number of rotatable bonds is 3. The maximum atomic E-state index is 9.83. The van der Waals surface area contributed by atoms with Crippen molar-refractivity contribution in [3.63, 3.8) is 0 Å². The monoisotopic (exact) mass is 437 g/mol. The predicted molar refractivity (Wildman–Crippen MR) is 108 cm³/mol. The summed E-state index contributed by atoms with van der Waals surface area (Å²) in [6.45, 7) is 0. The van der Waals surface area contributed by atoms with Gasteiger partial charge in [-0.25, -0.2) is 4.98 Å². The normalized spacial score (nSPS) is 15.6. The zero-order valence-corrected chi connectivity index (χ0v) is 16.8. The molecule has 0 saturated carbocycles. The molecule has 0 spiro atoms. The van der Waals surface area contributed by atoms with Crippen molar-refractivity contribution >= 4 is 26.7 Å². The van der Waals surface area contributed by atoms with E-state index in [-0.39, 0.29) is 5.88 Å². The molecule has 6 nitrogen and oxygen atoms in total. The molecule has 1 aliphatic rings. The van der Waals surface area contributed by atoms with Gasteiger partial charge < -0.3 is 19.9 Å². The Morgan fingerprint density at radius 1 is 1.21 bits per heavy atom. The Morgan fingerprint density at radius 2 is 2.00 bits per heavy atom. The van der Waals surface area contributed by atoms with Crippen molar-refractivity contribution in [1.29, 1.82) is 5.26 Å². The lowest BCUT2D eigenvalue weighted by Crippen LogP contribution is -2.22. The summed E-state index contributed by atoms with van der Waals surface area (Å²) in [6, 6.07) is 13.8. The quantitative estimate of drug-likeness (QED) is 0.658. The molecule has 0 radical (unpaired) electrons. The second-order valence-electron chi connectivity index (χ2n) is 6.23. The summed E-state index contributed by atoms with van der Waals surface area (Å²) in [6.07, 6.45) is 1.74. The summed E-state index contributed by atoms with van der Waals surface area (Å²) in [5, 5.41) is 11.7. The fourth-order valence-corrected chi connectivity index (χ4v) is 4.15. The van der Waals surface area contributed by atoms with Crippen LogP contribution in [-0.4, -0.2) is 19.2 Å². The average Bonchev–Trinajstić information content (AvgIpc) is 2.71. The van der Waals surface area contributed by atoms with Gasteiger partial charge in [-0.3, -0.25) is 0 Å². The SMILES string of the molecule is COc1cc(C2C(C#N)=C(N)Oc3ncc4ccccc4c32)cc(Br)c1OC. The topological polar surface area (TPSA) is 90.4 Å². The van der Waals surface area contributed by atoms with Gasteiger partial charge in [0.25, 0.3) is 0 Å². The van der Waals surface area contributed by atoms with Crippen molar-refractivity contribution < 1.29 is 14.2 Å². The molecule has 1 unspecified atom stereocenters. The van der Waals surface area contributed by atoms with Gasteiger partial charge in [0.1, 0.15) is 11.6 Å². The highest BCUT2D eigenvalue weighted by Gasteiger charge is 2.34. The zero-order valence-electron chi connectivity index (χ0n) is 15.2. The molecule has 0 aliphatic carbocycles. The van der Waals surface area contributed by atoms with E-state index in [9.17, 15) is 5.26 Å². The number of hydrogen-bond donors (Lipinski definition) is 1. The molecule has 2 heterocycles. The third-order valence-corrected chi connectivity index (χ3v) is 5.35. The van der Waals surface area contributed by atoms with Crippen LogP contribution in [0.25, 0.3) is 10.8 Å². The van der Waals surface area contributed by atoms with Crippen molar-refractivity contribution in [3.8, 4) is 23.4 Å². The molecule has 0 bridgehead atoms. The summed E-state index contributed by atoms with van der Waals surface area (Å²) >= 11 is 3.53. The molecule has 3 aromatic rings. The first-order chi connectivity index (χ1) is 13.6. The lowest BCUT2D eigenvalue weighted by molar-refractivity contribution is 0.352. The van der Waals surface area contributed by atoms with Gasteiger partial charge >= 0.3 is 0 Å². The van der Waals surface area contributed by atoms with E-state index in [1.165, 1.54) is 0 Å². The van der Waals surface area contributed by atoms with Crippen LogP contribution in [0.5, 0.6) is 17.4 Å². The standard InChI is InChI=1S/C21H16BrN3O3/c1-26-16-8-12(7-15(22)19(16)27-2)17-14(9-23)20(24)28-21-18(17)13-6-4-3-5-11(13)10-25-21/h3-8,10,17H,24H2,1-2H3. The minimum Gasteiger partial charge on any atom is -0.493 e. The van der Waals surface area contributed by atoms with Gasteiger partial charge in [0.05, 0.1) is 24.6 Å². The first-order valence-corrected chi connectivity index (χ1v) is 9.25. The second-order valence-corrected chi connectivity index (χ2v) is 7.08. The van der Waals surface area contributed by atoms with Gasteiger partial charge in [0, 0.05) is 17.1 Å². The van der Waals surface area contributed by atoms with Crippen molar-refractivity contribution in [2.24, 2.45) is 5.73 Å². The first-order valence-electron chi connectivity index (χ1n) is 8.45. The lowest BCUT2D eigenvalue weighted by atomic mass is 9.82. The number of hydrogen-bond acceptors (Lipinski definition) is 6. The molecule has 1 atom stereocenters. The second kappa shape index (κ2) is 7.06. The van der Waals surface area contributed by atoms with E-state index in [0.29, 0.717) is 27.4 Å². The minimum absolute atomic E-state index is 0.0497. The van der Waals surface area contributed by atoms with Gasteiger partial charge in [-0.2, -0.15) is 5.26 Å². The maximum Gasteiger partial charge on any atom is 0.226 e. The van der Waals surface area contributed by atoms with E-state index in [4.69, 9.17) is 19.9 Å². The molecule has 2 N–H and O–H groups in total. The van der Waals surface area contributed by atoms with Crippen molar-refractivity contribution in [1.82, 2.24) is 4.98 Å². The van der Waals surface area contributed by atoms with Crippen LogP contribution in [0.4, 0.5) is 0 Å². The van der Waals surface area contributed by atoms with Crippen LogP contribution in [0.15, 0.2) is 58.5 Å². The number of aromatic nitrogens is 1. The Kier molecular flexibility index (Phi) is 4.57. The molecule has 140 valence electrons. The third-order valence-electron chi connectivity index (χ3n) is 4.76. The number of allylic oxidation sites excluding steroid dienone is 1. The van der Waals surface area contributed by atoms with Gasteiger partial charge in [0.2, 0.25) is 11.8 Å². The van der Waals surface area contributed by atoms with Crippen LogP contribution in [0.3, 0.4) is 0 Å². The predicted octanol–water partition coefficient (Wildman–Crippen LogP) is 4.23. The molecule has 0 amide bonds. The molecule has 1 aliphatic heterocycles. The first kappa shape index (κ1) is 18.1. The van der Waals surface area contributed by atoms with Crippen LogP contribution in [0, 0.1) is 11.3 Å². The molecular formula is C21H16BrN3O3. The lowest BCUT2D eigenvalue weighted by Gasteiger charge is -2.27. The van der Waals surface area contributed by atoms with Crippen LogP contribution in [-0.2, 0) is 0 Å². The van der Waals surface area contributed by atoms with Crippen molar-refractivity contribution in [2.75, 3.05) is 14.2 Å². The Labute approximate surface area is 170 Å². The highest BCUT2D eigenvalue weighted by molar-refractivity contribution is 9.10. The summed E-state index contributed by atoms with van der Waals surface area (Å²) in [7, 11) is 3.14. The fraction of sp³-hybridized carbons (Fsp3) is 0.143. The Morgan fingerprint density at radius 3 is 2.71 bits per heavy atom. The van der Waals surface area contributed by atoms with Gasteiger partial charge in [-0.1, -0.05) is 24.3 Å². The number of ether oxygens (including phenoxy) is 3. The number of benzene rings is 2. The highest BCUT2D eigenvalue weighted by atomic mass is 79.9. The third kappa shape index (κ3) is 2.74. The van der Waals surface area contributed by atoms with Crippen LogP contribution in [0.2, 0.25) is 0 Å². The molecule has 0 fully saturated rings. The van der Waals surface area contributed by atoms with Crippen LogP contribution < -0.4 is 19.9 Å². The summed E-state index contributed by atoms with van der Waals surface area (Å²) in [5.41, 5.74) is 8.00. The Bertz CT molecular complexity index is 1170. The summed E-state index contributed by atoms with van der Waals surface area (Å²) < 4.78 is 17.3. The van der Waals surface area contributed by atoms with E-state index < -0.39 is 5.92 Å². The summed E-state index contributed by atoms with van der Waals surface area (Å²) in [5.74, 6) is 1.11. The fourth-order valence-electron chi connectivity index (χ4n) is 3.53. The minimum atomic E-state index is -0.455. The number of nitriles is 1. The van der Waals surface area contributed by atoms with Crippen molar-refractivity contribution in [3.05, 3.63) is 69.7 Å². The largest absolute Gasteiger partial charge is 0.493 e. The Hall–Kier alpha value is -3.24. The number of fused-ring (bicyclic) bond motifs is 3. The molecule has 0 saturated heterocycles. The molecule has 7 heteroatoms. The van der Waals surface area contributed by atoms with E-state index in [0.717, 1.165) is 21.9 Å². The van der Waals surface area contributed by atoms with E-state index in [1.54, 1.807) is 20.4 Å². The van der Waals surface area contributed by atoms with E-state index >= 15 is 0 Å². The number of halogens is 1. The highest BCUT2D eigenvalue weighted by Crippen LogP contribution is 2.47. The molecule has 1 aromatic heterocycles.